The minimum absolute atomic E-state index is 0.610. The summed E-state index contributed by atoms with van der Waals surface area (Å²) in [5.41, 5.74) is 1.06. The van der Waals surface area contributed by atoms with E-state index < -0.39 is 0 Å². The first-order chi connectivity index (χ1) is 9.42. The highest BCUT2D eigenvalue weighted by atomic mass is 16.7. The Morgan fingerprint density at radius 3 is 2.89 bits per heavy atom. The summed E-state index contributed by atoms with van der Waals surface area (Å²) in [6.07, 6.45) is 9.48. The van der Waals surface area contributed by atoms with Crippen molar-refractivity contribution in [2.45, 2.75) is 38.5 Å². The number of pyridine rings is 1. The van der Waals surface area contributed by atoms with E-state index in [0.717, 1.165) is 30.4 Å². The van der Waals surface area contributed by atoms with Crippen LogP contribution in [-0.4, -0.2) is 29.0 Å². The maximum atomic E-state index is 5.27. The van der Waals surface area contributed by atoms with Crippen LogP contribution < -0.4 is 0 Å². The first-order valence-electron chi connectivity index (χ1n) is 7.25. The molecular formula is C15H21N3O. The van der Waals surface area contributed by atoms with Gasteiger partial charge in [0.15, 0.2) is 12.6 Å². The van der Waals surface area contributed by atoms with E-state index in [1.807, 2.05) is 24.4 Å². The molecule has 1 aliphatic carbocycles. The second kappa shape index (κ2) is 6.04. The molecule has 0 atom stereocenters. The van der Waals surface area contributed by atoms with Crippen LogP contribution in [0.25, 0.3) is 0 Å². The molecule has 2 aliphatic rings. The average Bonchev–Trinajstić information content (AvgIpc) is 2.88. The van der Waals surface area contributed by atoms with E-state index in [9.17, 15) is 0 Å². The molecule has 4 heteroatoms. The van der Waals surface area contributed by atoms with Crippen LogP contribution in [0.5, 0.6) is 0 Å². The van der Waals surface area contributed by atoms with Crippen molar-refractivity contribution in [2.24, 2.45) is 11.1 Å². The molecule has 0 spiro atoms. The first kappa shape index (κ1) is 12.5. The van der Waals surface area contributed by atoms with Gasteiger partial charge in [0, 0.05) is 18.4 Å². The number of nitrogens with zero attached hydrogens (tertiary/aromatic N) is 3. The van der Waals surface area contributed by atoms with Crippen molar-refractivity contribution in [2.75, 3.05) is 13.3 Å². The number of hydrogen-bond donors (Lipinski definition) is 0. The summed E-state index contributed by atoms with van der Waals surface area (Å²) in [4.78, 5) is 11.9. The molecule has 19 heavy (non-hydrogen) atoms. The van der Waals surface area contributed by atoms with Crippen LogP contribution in [-0.2, 0) is 11.3 Å². The fourth-order valence-electron chi connectivity index (χ4n) is 2.95. The van der Waals surface area contributed by atoms with Crippen molar-refractivity contribution in [1.82, 2.24) is 9.88 Å². The molecule has 1 saturated carbocycles. The molecule has 102 valence electrons. The van der Waals surface area contributed by atoms with Gasteiger partial charge in [-0.3, -0.25) is 4.98 Å². The molecule has 1 aliphatic heterocycles. The lowest BCUT2D eigenvalue weighted by atomic mass is 9.89. The summed E-state index contributed by atoms with van der Waals surface area (Å²) in [6, 6.07) is 6.00. The lowest BCUT2D eigenvalue weighted by Gasteiger charge is -2.27. The first-order valence-corrected chi connectivity index (χ1v) is 7.25. The Kier molecular flexibility index (Phi) is 3.96. The van der Waals surface area contributed by atoms with Gasteiger partial charge in [-0.1, -0.05) is 30.5 Å². The van der Waals surface area contributed by atoms with Crippen molar-refractivity contribution < 1.29 is 4.84 Å². The molecular weight excluding hydrogens is 238 g/mol. The van der Waals surface area contributed by atoms with Gasteiger partial charge < -0.3 is 9.74 Å². The van der Waals surface area contributed by atoms with Gasteiger partial charge in [-0.25, -0.2) is 0 Å². The summed E-state index contributed by atoms with van der Waals surface area (Å²) >= 11 is 0. The number of hydrogen-bond acceptors (Lipinski definition) is 4. The topological polar surface area (TPSA) is 37.7 Å². The molecule has 3 rings (SSSR count). The minimum Gasteiger partial charge on any atom is -0.372 e. The molecule has 4 nitrogen and oxygen atoms in total. The van der Waals surface area contributed by atoms with Crippen molar-refractivity contribution in [3.05, 3.63) is 30.1 Å². The van der Waals surface area contributed by atoms with Crippen LogP contribution in [0.15, 0.2) is 29.6 Å². The van der Waals surface area contributed by atoms with Crippen LogP contribution in [0.4, 0.5) is 0 Å². The SMILES string of the molecule is c1ccc(CC2=NOCN2CC2CCCCC2)nc1. The maximum Gasteiger partial charge on any atom is 0.190 e. The third-order valence-electron chi connectivity index (χ3n) is 4.02. The van der Waals surface area contributed by atoms with Crippen LogP contribution in [0.3, 0.4) is 0 Å². The van der Waals surface area contributed by atoms with Gasteiger partial charge in [0.05, 0.1) is 6.42 Å². The Morgan fingerprint density at radius 2 is 2.11 bits per heavy atom. The van der Waals surface area contributed by atoms with Crippen LogP contribution in [0.2, 0.25) is 0 Å². The van der Waals surface area contributed by atoms with E-state index in [0.29, 0.717) is 6.73 Å². The van der Waals surface area contributed by atoms with Gasteiger partial charge in [-0.2, -0.15) is 0 Å². The normalized spacial score (nSPS) is 20.2. The number of rotatable bonds is 4. The monoisotopic (exact) mass is 259 g/mol. The third-order valence-corrected chi connectivity index (χ3v) is 4.02. The van der Waals surface area contributed by atoms with Gasteiger partial charge in [-0.05, 0) is 30.9 Å². The van der Waals surface area contributed by atoms with E-state index in [1.54, 1.807) is 0 Å². The molecule has 0 bridgehead atoms. The highest BCUT2D eigenvalue weighted by Crippen LogP contribution is 2.25. The standard InChI is InChI=1S/C15H21N3O/c1-2-6-13(7-3-1)11-18-12-19-17-15(18)10-14-8-4-5-9-16-14/h4-5,8-9,13H,1-3,6-7,10-12H2. The van der Waals surface area contributed by atoms with Crippen molar-refractivity contribution >= 4 is 5.84 Å². The predicted molar refractivity (Wildman–Crippen MR) is 74.6 cm³/mol. The van der Waals surface area contributed by atoms with Gasteiger partial charge >= 0.3 is 0 Å². The third kappa shape index (κ3) is 3.25. The van der Waals surface area contributed by atoms with Crippen molar-refractivity contribution in [3.8, 4) is 0 Å². The fourth-order valence-corrected chi connectivity index (χ4v) is 2.95. The highest BCUT2D eigenvalue weighted by molar-refractivity contribution is 5.84. The fraction of sp³-hybridized carbons (Fsp3) is 0.600. The van der Waals surface area contributed by atoms with E-state index in [2.05, 4.69) is 15.0 Å². The molecule has 2 heterocycles. The Morgan fingerprint density at radius 1 is 1.21 bits per heavy atom. The van der Waals surface area contributed by atoms with Gasteiger partial charge in [-0.15, -0.1) is 0 Å². The zero-order valence-corrected chi connectivity index (χ0v) is 11.3. The Balaban J connectivity index is 1.58. The Labute approximate surface area is 114 Å². The smallest absolute Gasteiger partial charge is 0.190 e. The molecule has 0 N–H and O–H groups in total. The summed E-state index contributed by atoms with van der Waals surface area (Å²) in [5, 5.41) is 4.18. The lowest BCUT2D eigenvalue weighted by molar-refractivity contribution is 0.0982. The quantitative estimate of drug-likeness (QED) is 0.834. The van der Waals surface area contributed by atoms with Gasteiger partial charge in [0.25, 0.3) is 0 Å². The molecule has 0 aromatic carbocycles. The molecule has 1 fully saturated rings. The molecule has 0 amide bonds. The number of amidine groups is 1. The molecule has 0 radical (unpaired) electrons. The summed E-state index contributed by atoms with van der Waals surface area (Å²) in [5.74, 6) is 1.84. The van der Waals surface area contributed by atoms with Gasteiger partial charge in [0.2, 0.25) is 0 Å². The van der Waals surface area contributed by atoms with Crippen molar-refractivity contribution in [3.63, 3.8) is 0 Å². The van der Waals surface area contributed by atoms with E-state index >= 15 is 0 Å². The van der Waals surface area contributed by atoms with E-state index in [-0.39, 0.29) is 0 Å². The molecule has 1 aromatic rings. The maximum absolute atomic E-state index is 5.27. The van der Waals surface area contributed by atoms with E-state index in [4.69, 9.17) is 4.84 Å². The molecule has 0 unspecified atom stereocenters. The number of aromatic nitrogens is 1. The van der Waals surface area contributed by atoms with Crippen LogP contribution >= 0.6 is 0 Å². The second-order valence-corrected chi connectivity index (χ2v) is 5.49. The van der Waals surface area contributed by atoms with Gasteiger partial charge in [0.1, 0.15) is 0 Å². The Hall–Kier alpha value is -1.58. The average molecular weight is 259 g/mol. The zero-order chi connectivity index (χ0) is 12.9. The van der Waals surface area contributed by atoms with Crippen LogP contribution in [0, 0.1) is 5.92 Å². The largest absolute Gasteiger partial charge is 0.372 e. The predicted octanol–water partition coefficient (Wildman–Crippen LogP) is 2.81. The highest BCUT2D eigenvalue weighted by Gasteiger charge is 2.24. The minimum atomic E-state index is 0.610. The summed E-state index contributed by atoms with van der Waals surface area (Å²) in [7, 11) is 0. The van der Waals surface area contributed by atoms with Crippen LogP contribution in [0.1, 0.15) is 37.8 Å². The zero-order valence-electron chi connectivity index (χ0n) is 11.3. The Bertz CT molecular complexity index is 426. The summed E-state index contributed by atoms with van der Waals surface area (Å²) < 4.78 is 0. The molecule has 1 aromatic heterocycles. The molecule has 0 saturated heterocycles. The summed E-state index contributed by atoms with van der Waals surface area (Å²) in [6.45, 7) is 1.70. The van der Waals surface area contributed by atoms with E-state index in [1.165, 1.54) is 32.1 Å². The second-order valence-electron chi connectivity index (χ2n) is 5.49. The number of oxime groups is 1. The van der Waals surface area contributed by atoms with Crippen molar-refractivity contribution in [1.29, 1.82) is 0 Å². The lowest BCUT2D eigenvalue weighted by Crippen LogP contribution is -2.34.